The Bertz CT molecular complexity index is 902. The highest BCUT2D eigenvalue weighted by atomic mass is 16.1. The van der Waals surface area contributed by atoms with Crippen LogP contribution in [0.5, 0.6) is 0 Å². The molecule has 2 aromatic heterocycles. The molecule has 1 aromatic carbocycles. The standard InChI is InChI=1S/C19H22N6O/c1-14-21-9-11-25(14)17-5-3-2-4-15(17)12-22-19(26)16-13-24-10-8-20-7-6-18(24)23-16/h2-5,9,11,13,20H,6-8,10,12H2,1H3,(H,22,26). The van der Waals surface area contributed by atoms with Crippen molar-refractivity contribution in [2.45, 2.75) is 26.4 Å². The van der Waals surface area contributed by atoms with Crippen molar-refractivity contribution in [1.29, 1.82) is 0 Å². The Balaban J connectivity index is 1.50. The first-order valence-corrected chi connectivity index (χ1v) is 8.85. The van der Waals surface area contributed by atoms with Gasteiger partial charge in [0, 0.05) is 51.2 Å². The van der Waals surface area contributed by atoms with Gasteiger partial charge in [-0.3, -0.25) is 4.79 Å². The molecule has 1 aliphatic heterocycles. The topological polar surface area (TPSA) is 76.8 Å². The molecule has 0 saturated carbocycles. The molecular weight excluding hydrogens is 328 g/mol. The summed E-state index contributed by atoms with van der Waals surface area (Å²) >= 11 is 0. The lowest BCUT2D eigenvalue weighted by molar-refractivity contribution is 0.0946. The molecule has 0 bridgehead atoms. The van der Waals surface area contributed by atoms with E-state index in [1.54, 1.807) is 6.20 Å². The van der Waals surface area contributed by atoms with E-state index >= 15 is 0 Å². The summed E-state index contributed by atoms with van der Waals surface area (Å²) in [5.74, 6) is 1.74. The van der Waals surface area contributed by atoms with Crippen LogP contribution in [0.15, 0.2) is 42.9 Å². The van der Waals surface area contributed by atoms with Crippen molar-refractivity contribution < 1.29 is 4.79 Å². The van der Waals surface area contributed by atoms with Crippen LogP contribution in [-0.2, 0) is 19.5 Å². The van der Waals surface area contributed by atoms with E-state index in [0.717, 1.165) is 49.0 Å². The van der Waals surface area contributed by atoms with E-state index in [9.17, 15) is 4.79 Å². The third kappa shape index (κ3) is 3.25. The number of fused-ring (bicyclic) bond motifs is 1. The molecule has 3 aromatic rings. The number of nitrogens with zero attached hydrogens (tertiary/aromatic N) is 4. The Morgan fingerprint density at radius 1 is 1.31 bits per heavy atom. The van der Waals surface area contributed by atoms with Crippen LogP contribution in [0.4, 0.5) is 0 Å². The van der Waals surface area contributed by atoms with Gasteiger partial charge in [0.05, 0.1) is 5.69 Å². The molecule has 26 heavy (non-hydrogen) atoms. The number of nitrogens with one attached hydrogen (secondary N) is 2. The molecule has 0 unspecified atom stereocenters. The van der Waals surface area contributed by atoms with E-state index in [1.807, 2.05) is 48.1 Å². The highest BCUT2D eigenvalue weighted by Crippen LogP contribution is 2.16. The Morgan fingerprint density at radius 3 is 3.04 bits per heavy atom. The Kier molecular flexibility index (Phi) is 4.53. The number of hydrogen-bond acceptors (Lipinski definition) is 4. The summed E-state index contributed by atoms with van der Waals surface area (Å²) in [6.07, 6.45) is 6.40. The van der Waals surface area contributed by atoms with Crippen molar-refractivity contribution in [1.82, 2.24) is 29.7 Å². The van der Waals surface area contributed by atoms with Crippen LogP contribution in [-0.4, -0.2) is 38.1 Å². The number of imidazole rings is 2. The van der Waals surface area contributed by atoms with Crippen LogP contribution in [0.1, 0.15) is 27.7 Å². The average molecular weight is 350 g/mol. The number of amides is 1. The van der Waals surface area contributed by atoms with Gasteiger partial charge in [-0.1, -0.05) is 18.2 Å². The van der Waals surface area contributed by atoms with Crippen molar-refractivity contribution >= 4 is 5.91 Å². The monoisotopic (exact) mass is 350 g/mol. The number of hydrogen-bond donors (Lipinski definition) is 2. The van der Waals surface area contributed by atoms with E-state index < -0.39 is 0 Å². The molecule has 3 heterocycles. The first-order chi connectivity index (χ1) is 12.7. The maximum absolute atomic E-state index is 12.6. The molecule has 1 aliphatic rings. The second-order valence-electron chi connectivity index (χ2n) is 6.39. The zero-order chi connectivity index (χ0) is 17.9. The molecule has 7 heteroatoms. The third-order valence-corrected chi connectivity index (χ3v) is 4.66. The number of carbonyl (C=O) groups excluding carboxylic acids is 1. The highest BCUT2D eigenvalue weighted by molar-refractivity contribution is 5.92. The lowest BCUT2D eigenvalue weighted by Crippen LogP contribution is -2.24. The largest absolute Gasteiger partial charge is 0.346 e. The van der Waals surface area contributed by atoms with Crippen LogP contribution in [0.3, 0.4) is 0 Å². The van der Waals surface area contributed by atoms with E-state index in [1.165, 1.54) is 0 Å². The summed E-state index contributed by atoms with van der Waals surface area (Å²) in [7, 11) is 0. The van der Waals surface area contributed by atoms with Gasteiger partial charge >= 0.3 is 0 Å². The Labute approximate surface area is 152 Å². The molecule has 4 rings (SSSR count). The summed E-state index contributed by atoms with van der Waals surface area (Å²) < 4.78 is 4.09. The fraction of sp³-hybridized carbons (Fsp3) is 0.316. The number of benzene rings is 1. The van der Waals surface area contributed by atoms with Crippen molar-refractivity contribution in [3.05, 3.63) is 65.8 Å². The Hall–Kier alpha value is -2.93. The van der Waals surface area contributed by atoms with Crippen LogP contribution >= 0.6 is 0 Å². The van der Waals surface area contributed by atoms with Gasteiger partial charge < -0.3 is 19.8 Å². The van der Waals surface area contributed by atoms with Gasteiger partial charge in [0.15, 0.2) is 0 Å². The fourth-order valence-corrected chi connectivity index (χ4v) is 3.28. The zero-order valence-electron chi connectivity index (χ0n) is 14.8. The van der Waals surface area contributed by atoms with Gasteiger partial charge in [-0.15, -0.1) is 0 Å². The predicted octanol–water partition coefficient (Wildman–Crippen LogP) is 1.45. The molecule has 0 aliphatic carbocycles. The van der Waals surface area contributed by atoms with Gasteiger partial charge in [0.2, 0.25) is 0 Å². The molecule has 2 N–H and O–H groups in total. The molecule has 0 atom stereocenters. The van der Waals surface area contributed by atoms with Gasteiger partial charge in [-0.2, -0.15) is 0 Å². The van der Waals surface area contributed by atoms with E-state index in [-0.39, 0.29) is 5.91 Å². The van der Waals surface area contributed by atoms with Crippen LogP contribution in [0.2, 0.25) is 0 Å². The van der Waals surface area contributed by atoms with Crippen molar-refractivity contribution in [2.24, 2.45) is 0 Å². The molecule has 0 radical (unpaired) electrons. The minimum Gasteiger partial charge on any atom is -0.346 e. The summed E-state index contributed by atoms with van der Waals surface area (Å²) in [4.78, 5) is 21.3. The summed E-state index contributed by atoms with van der Waals surface area (Å²) in [6.45, 7) is 5.05. The molecule has 1 amide bonds. The van der Waals surface area contributed by atoms with E-state index in [0.29, 0.717) is 12.2 Å². The van der Waals surface area contributed by atoms with Crippen molar-refractivity contribution in [2.75, 3.05) is 13.1 Å². The second-order valence-corrected chi connectivity index (χ2v) is 6.39. The average Bonchev–Trinajstić information content (AvgIpc) is 3.20. The molecule has 134 valence electrons. The highest BCUT2D eigenvalue weighted by Gasteiger charge is 2.16. The predicted molar refractivity (Wildman–Crippen MR) is 98.3 cm³/mol. The molecule has 7 nitrogen and oxygen atoms in total. The summed E-state index contributed by atoms with van der Waals surface area (Å²) in [6, 6.07) is 8.01. The first-order valence-electron chi connectivity index (χ1n) is 8.85. The zero-order valence-corrected chi connectivity index (χ0v) is 14.8. The molecule has 0 saturated heterocycles. The minimum atomic E-state index is -0.143. The third-order valence-electron chi connectivity index (χ3n) is 4.66. The Morgan fingerprint density at radius 2 is 2.19 bits per heavy atom. The first kappa shape index (κ1) is 16.5. The number of aryl methyl sites for hydroxylation is 1. The lowest BCUT2D eigenvalue weighted by Gasteiger charge is -2.12. The van der Waals surface area contributed by atoms with Crippen molar-refractivity contribution in [3.8, 4) is 5.69 Å². The SMILES string of the molecule is Cc1nccn1-c1ccccc1CNC(=O)c1cn2c(n1)CCNCC2. The van der Waals surface area contributed by atoms with Gasteiger partial charge in [-0.05, 0) is 18.6 Å². The van der Waals surface area contributed by atoms with Gasteiger partial charge in [-0.25, -0.2) is 9.97 Å². The maximum atomic E-state index is 12.6. The molecular formula is C19H22N6O. The minimum absolute atomic E-state index is 0.143. The molecule has 0 spiro atoms. The number of para-hydroxylation sites is 1. The smallest absolute Gasteiger partial charge is 0.271 e. The maximum Gasteiger partial charge on any atom is 0.271 e. The van der Waals surface area contributed by atoms with Gasteiger partial charge in [0.25, 0.3) is 5.91 Å². The number of aromatic nitrogens is 4. The van der Waals surface area contributed by atoms with Crippen LogP contribution < -0.4 is 10.6 Å². The van der Waals surface area contributed by atoms with E-state index in [2.05, 4.69) is 25.2 Å². The van der Waals surface area contributed by atoms with E-state index in [4.69, 9.17) is 0 Å². The van der Waals surface area contributed by atoms with Crippen LogP contribution in [0, 0.1) is 6.92 Å². The van der Waals surface area contributed by atoms with Crippen molar-refractivity contribution in [3.63, 3.8) is 0 Å². The molecule has 0 fully saturated rings. The number of rotatable bonds is 4. The fourth-order valence-electron chi connectivity index (χ4n) is 3.28. The van der Waals surface area contributed by atoms with Gasteiger partial charge in [0.1, 0.15) is 17.3 Å². The quantitative estimate of drug-likeness (QED) is 0.747. The second kappa shape index (κ2) is 7.13. The number of carbonyl (C=O) groups is 1. The summed E-state index contributed by atoms with van der Waals surface area (Å²) in [5, 5.41) is 6.33. The normalized spacial score (nSPS) is 13.9. The lowest BCUT2D eigenvalue weighted by atomic mass is 10.1. The van der Waals surface area contributed by atoms with Crippen LogP contribution in [0.25, 0.3) is 5.69 Å². The summed E-state index contributed by atoms with van der Waals surface area (Å²) in [5.41, 5.74) is 2.54.